The molecule has 1 unspecified atom stereocenters. The summed E-state index contributed by atoms with van der Waals surface area (Å²) in [6.45, 7) is 0.355. The third-order valence-corrected chi connectivity index (χ3v) is 4.56. The fraction of sp³-hybridized carbons (Fsp3) is 0.562. The molecule has 3 nitrogen and oxygen atoms in total. The Morgan fingerprint density at radius 1 is 1.16 bits per heavy atom. The van der Waals surface area contributed by atoms with Gasteiger partial charge in [-0.25, -0.2) is 4.79 Å². The SMILES string of the molecule is O=C(NC1CC2CCC1CC2)OCc1ccccc1. The molecule has 102 valence electrons. The fourth-order valence-electron chi connectivity index (χ4n) is 3.47. The number of benzene rings is 1. The quantitative estimate of drug-likeness (QED) is 0.902. The molecule has 1 aromatic rings. The van der Waals surface area contributed by atoms with Crippen LogP contribution in [0.4, 0.5) is 4.79 Å². The van der Waals surface area contributed by atoms with Crippen LogP contribution in [-0.2, 0) is 11.3 Å². The first kappa shape index (κ1) is 12.5. The molecule has 0 radical (unpaired) electrons. The smallest absolute Gasteiger partial charge is 0.407 e. The Hall–Kier alpha value is -1.51. The summed E-state index contributed by atoms with van der Waals surface area (Å²) in [6.07, 6.45) is 6.12. The monoisotopic (exact) mass is 259 g/mol. The molecule has 3 aliphatic rings. The lowest BCUT2D eigenvalue weighted by Gasteiger charge is -2.42. The number of amides is 1. The Balaban J connectivity index is 1.46. The molecule has 4 rings (SSSR count). The Labute approximate surface area is 114 Å². The Morgan fingerprint density at radius 3 is 2.53 bits per heavy atom. The van der Waals surface area contributed by atoms with E-state index in [0.717, 1.165) is 17.9 Å². The highest BCUT2D eigenvalue weighted by molar-refractivity contribution is 5.67. The summed E-state index contributed by atoms with van der Waals surface area (Å²) < 4.78 is 5.29. The number of carbonyl (C=O) groups is 1. The molecule has 0 spiro atoms. The standard InChI is InChI=1S/C16H21NO2/c18-16(19-11-13-4-2-1-3-5-13)17-15-10-12-6-8-14(15)9-7-12/h1-5,12,14-15H,6-11H2,(H,17,18). The Kier molecular flexibility index (Phi) is 3.72. The summed E-state index contributed by atoms with van der Waals surface area (Å²) in [5, 5.41) is 3.06. The molecule has 1 N–H and O–H groups in total. The highest BCUT2D eigenvalue weighted by Gasteiger charge is 2.36. The van der Waals surface area contributed by atoms with Gasteiger partial charge >= 0.3 is 6.09 Å². The van der Waals surface area contributed by atoms with E-state index in [2.05, 4.69) is 5.32 Å². The van der Waals surface area contributed by atoms with Crippen molar-refractivity contribution < 1.29 is 9.53 Å². The minimum Gasteiger partial charge on any atom is -0.445 e. The number of nitrogens with one attached hydrogen (secondary N) is 1. The van der Waals surface area contributed by atoms with E-state index in [1.54, 1.807) is 0 Å². The zero-order valence-corrected chi connectivity index (χ0v) is 11.2. The molecule has 0 heterocycles. The van der Waals surface area contributed by atoms with E-state index >= 15 is 0 Å². The average molecular weight is 259 g/mol. The molecule has 1 amide bonds. The largest absolute Gasteiger partial charge is 0.445 e. The molecule has 0 aromatic heterocycles. The van der Waals surface area contributed by atoms with Crippen LogP contribution in [0.1, 0.15) is 37.7 Å². The third kappa shape index (κ3) is 3.09. The second-order valence-corrected chi connectivity index (χ2v) is 5.83. The molecule has 3 fully saturated rings. The lowest BCUT2D eigenvalue weighted by molar-refractivity contribution is 0.0971. The lowest BCUT2D eigenvalue weighted by atomic mass is 9.68. The number of alkyl carbamates (subject to hydrolysis) is 1. The Morgan fingerprint density at radius 2 is 1.89 bits per heavy atom. The van der Waals surface area contributed by atoms with Gasteiger partial charge in [0.1, 0.15) is 6.61 Å². The van der Waals surface area contributed by atoms with Crippen LogP contribution in [0.5, 0.6) is 0 Å². The van der Waals surface area contributed by atoms with Gasteiger partial charge in [-0.1, -0.05) is 43.2 Å². The number of rotatable bonds is 3. The first-order chi connectivity index (χ1) is 9.31. The van der Waals surface area contributed by atoms with Crippen LogP contribution in [-0.4, -0.2) is 12.1 Å². The molecule has 2 bridgehead atoms. The van der Waals surface area contributed by atoms with Crippen molar-refractivity contribution in [1.82, 2.24) is 5.32 Å². The van der Waals surface area contributed by atoms with Crippen LogP contribution in [0, 0.1) is 11.8 Å². The van der Waals surface area contributed by atoms with E-state index in [-0.39, 0.29) is 6.09 Å². The number of fused-ring (bicyclic) bond motifs is 3. The first-order valence-corrected chi connectivity index (χ1v) is 7.28. The molecule has 3 aliphatic carbocycles. The summed E-state index contributed by atoms with van der Waals surface area (Å²) in [5.74, 6) is 1.50. The Bertz CT molecular complexity index is 424. The fourth-order valence-corrected chi connectivity index (χ4v) is 3.47. The van der Waals surface area contributed by atoms with E-state index in [4.69, 9.17) is 4.74 Å². The van der Waals surface area contributed by atoms with Crippen molar-refractivity contribution in [2.75, 3.05) is 0 Å². The van der Waals surface area contributed by atoms with Gasteiger partial charge in [0, 0.05) is 6.04 Å². The summed E-state index contributed by atoms with van der Waals surface area (Å²) in [5.41, 5.74) is 1.03. The van der Waals surface area contributed by atoms with Crippen LogP contribution in [0.2, 0.25) is 0 Å². The third-order valence-electron chi connectivity index (χ3n) is 4.56. The molecule has 0 aliphatic heterocycles. The van der Waals surface area contributed by atoms with Gasteiger partial charge in [0.2, 0.25) is 0 Å². The van der Waals surface area contributed by atoms with E-state index in [1.165, 1.54) is 25.7 Å². The number of ether oxygens (including phenoxy) is 1. The zero-order chi connectivity index (χ0) is 13.1. The molecular formula is C16H21NO2. The van der Waals surface area contributed by atoms with Crippen molar-refractivity contribution in [3.8, 4) is 0 Å². The second kappa shape index (κ2) is 5.64. The van der Waals surface area contributed by atoms with Gasteiger partial charge in [-0.3, -0.25) is 0 Å². The van der Waals surface area contributed by atoms with Crippen molar-refractivity contribution in [1.29, 1.82) is 0 Å². The number of hydrogen-bond acceptors (Lipinski definition) is 2. The summed E-state index contributed by atoms with van der Waals surface area (Å²) >= 11 is 0. The van der Waals surface area contributed by atoms with Gasteiger partial charge in [0.05, 0.1) is 0 Å². The van der Waals surface area contributed by atoms with Crippen LogP contribution in [0.25, 0.3) is 0 Å². The minimum absolute atomic E-state index is 0.263. The second-order valence-electron chi connectivity index (χ2n) is 5.83. The molecule has 3 heteroatoms. The molecule has 1 aromatic carbocycles. The average Bonchev–Trinajstić information content (AvgIpc) is 2.47. The molecule has 3 saturated carbocycles. The van der Waals surface area contributed by atoms with Gasteiger partial charge in [0.25, 0.3) is 0 Å². The van der Waals surface area contributed by atoms with Crippen molar-refractivity contribution in [2.24, 2.45) is 11.8 Å². The van der Waals surface area contributed by atoms with E-state index in [0.29, 0.717) is 18.6 Å². The van der Waals surface area contributed by atoms with Crippen LogP contribution in [0.15, 0.2) is 30.3 Å². The van der Waals surface area contributed by atoms with Crippen LogP contribution >= 0.6 is 0 Å². The predicted molar refractivity (Wildman–Crippen MR) is 73.6 cm³/mol. The van der Waals surface area contributed by atoms with Crippen molar-refractivity contribution in [3.63, 3.8) is 0 Å². The number of hydrogen-bond donors (Lipinski definition) is 1. The van der Waals surface area contributed by atoms with Crippen LogP contribution in [0.3, 0.4) is 0 Å². The summed E-state index contributed by atoms with van der Waals surface area (Å²) in [6, 6.07) is 10.2. The molecular weight excluding hydrogens is 238 g/mol. The van der Waals surface area contributed by atoms with Crippen molar-refractivity contribution in [2.45, 2.75) is 44.8 Å². The lowest BCUT2D eigenvalue weighted by Crippen LogP contribution is -2.47. The maximum Gasteiger partial charge on any atom is 0.407 e. The van der Waals surface area contributed by atoms with E-state index in [1.807, 2.05) is 30.3 Å². The number of carbonyl (C=O) groups excluding carboxylic acids is 1. The summed E-state index contributed by atoms with van der Waals surface area (Å²) in [7, 11) is 0. The summed E-state index contributed by atoms with van der Waals surface area (Å²) in [4.78, 5) is 11.8. The van der Waals surface area contributed by atoms with Gasteiger partial charge in [-0.2, -0.15) is 0 Å². The molecule has 0 saturated heterocycles. The van der Waals surface area contributed by atoms with Gasteiger partial charge in [0.15, 0.2) is 0 Å². The maximum absolute atomic E-state index is 11.8. The van der Waals surface area contributed by atoms with Crippen molar-refractivity contribution >= 4 is 6.09 Å². The maximum atomic E-state index is 11.8. The van der Waals surface area contributed by atoms with Gasteiger partial charge in [-0.15, -0.1) is 0 Å². The minimum atomic E-state index is -0.263. The topological polar surface area (TPSA) is 38.3 Å². The molecule has 19 heavy (non-hydrogen) atoms. The van der Waals surface area contributed by atoms with Gasteiger partial charge in [-0.05, 0) is 36.7 Å². The molecule has 1 atom stereocenters. The van der Waals surface area contributed by atoms with Gasteiger partial charge < -0.3 is 10.1 Å². The zero-order valence-electron chi connectivity index (χ0n) is 11.2. The highest BCUT2D eigenvalue weighted by Crippen LogP contribution is 2.41. The van der Waals surface area contributed by atoms with E-state index < -0.39 is 0 Å². The van der Waals surface area contributed by atoms with Crippen molar-refractivity contribution in [3.05, 3.63) is 35.9 Å². The normalized spacial score (nSPS) is 28.9. The van der Waals surface area contributed by atoms with Crippen LogP contribution < -0.4 is 5.32 Å². The predicted octanol–water partition coefficient (Wildman–Crippen LogP) is 3.49. The van der Waals surface area contributed by atoms with E-state index in [9.17, 15) is 4.79 Å². The highest BCUT2D eigenvalue weighted by atomic mass is 16.5. The first-order valence-electron chi connectivity index (χ1n) is 7.28.